The molecular formula is C12H17Cl2N3O3. The molecule has 2 N–H and O–H groups in total. The van der Waals surface area contributed by atoms with E-state index in [4.69, 9.17) is 11.6 Å². The summed E-state index contributed by atoms with van der Waals surface area (Å²) in [6.07, 6.45) is 1.00. The summed E-state index contributed by atoms with van der Waals surface area (Å²) in [7, 11) is 0. The van der Waals surface area contributed by atoms with E-state index >= 15 is 0 Å². The molecule has 112 valence electrons. The van der Waals surface area contributed by atoms with Crippen molar-refractivity contribution in [1.29, 1.82) is 0 Å². The van der Waals surface area contributed by atoms with Gasteiger partial charge < -0.3 is 10.6 Å². The molecule has 0 unspecified atom stereocenters. The third kappa shape index (κ3) is 5.32. The van der Waals surface area contributed by atoms with Crippen LogP contribution in [0.1, 0.15) is 23.7 Å². The standard InChI is InChI=1S/C12H16ClN3O3.ClH/c1-2-6-14-7-8-15-12(17)11-9(13)4-3-5-10(11)16(18)19;/h3-5,14H,2,6-8H2,1H3,(H,15,17);1H. The molecule has 1 rings (SSSR count). The Morgan fingerprint density at radius 3 is 2.65 bits per heavy atom. The number of carbonyl (C=O) groups is 1. The SMILES string of the molecule is CCCNCCNC(=O)c1c(Cl)cccc1[N+](=O)[O-].Cl. The minimum atomic E-state index is -0.615. The second-order valence-corrected chi connectivity index (χ2v) is 4.30. The maximum atomic E-state index is 11.9. The van der Waals surface area contributed by atoms with Gasteiger partial charge in [0.05, 0.1) is 9.95 Å². The van der Waals surface area contributed by atoms with Crippen molar-refractivity contribution in [3.63, 3.8) is 0 Å². The first-order valence-electron chi connectivity index (χ1n) is 5.99. The van der Waals surface area contributed by atoms with E-state index in [2.05, 4.69) is 10.6 Å². The molecule has 0 radical (unpaired) electrons. The highest BCUT2D eigenvalue weighted by Crippen LogP contribution is 2.25. The van der Waals surface area contributed by atoms with E-state index in [1.807, 2.05) is 6.92 Å². The molecule has 0 aliphatic heterocycles. The number of carbonyl (C=O) groups excluding carboxylic acids is 1. The molecule has 0 aliphatic rings. The summed E-state index contributed by atoms with van der Waals surface area (Å²) in [6, 6.07) is 4.16. The van der Waals surface area contributed by atoms with E-state index in [1.54, 1.807) is 0 Å². The number of nitro benzene ring substituents is 1. The zero-order chi connectivity index (χ0) is 14.3. The first-order chi connectivity index (χ1) is 9.07. The van der Waals surface area contributed by atoms with Crippen molar-refractivity contribution in [1.82, 2.24) is 10.6 Å². The van der Waals surface area contributed by atoms with Crippen molar-refractivity contribution in [3.8, 4) is 0 Å². The normalized spacial score (nSPS) is 9.70. The van der Waals surface area contributed by atoms with Crippen LogP contribution in [0.15, 0.2) is 18.2 Å². The van der Waals surface area contributed by atoms with Crippen molar-refractivity contribution in [2.75, 3.05) is 19.6 Å². The van der Waals surface area contributed by atoms with Crippen molar-refractivity contribution in [2.45, 2.75) is 13.3 Å². The molecule has 1 aromatic rings. The highest BCUT2D eigenvalue weighted by atomic mass is 35.5. The largest absolute Gasteiger partial charge is 0.350 e. The predicted molar refractivity (Wildman–Crippen MR) is 80.8 cm³/mol. The van der Waals surface area contributed by atoms with Crippen molar-refractivity contribution in [2.24, 2.45) is 0 Å². The highest BCUT2D eigenvalue weighted by Gasteiger charge is 2.22. The minimum absolute atomic E-state index is 0. The fraction of sp³-hybridized carbons (Fsp3) is 0.417. The summed E-state index contributed by atoms with van der Waals surface area (Å²) in [5, 5.41) is 16.6. The molecule has 0 atom stereocenters. The van der Waals surface area contributed by atoms with Gasteiger partial charge in [-0.2, -0.15) is 0 Å². The molecule has 0 saturated heterocycles. The molecule has 8 heteroatoms. The first kappa shape index (κ1) is 18.6. The average Bonchev–Trinajstić information content (AvgIpc) is 2.37. The van der Waals surface area contributed by atoms with Crippen LogP contribution in [0.25, 0.3) is 0 Å². The van der Waals surface area contributed by atoms with Crippen LogP contribution in [-0.2, 0) is 0 Å². The average molecular weight is 322 g/mol. The Labute approximate surface area is 128 Å². The fourth-order valence-corrected chi connectivity index (χ4v) is 1.80. The third-order valence-electron chi connectivity index (χ3n) is 2.43. The van der Waals surface area contributed by atoms with E-state index in [1.165, 1.54) is 18.2 Å². The van der Waals surface area contributed by atoms with Gasteiger partial charge in [0.25, 0.3) is 11.6 Å². The van der Waals surface area contributed by atoms with Crippen molar-refractivity contribution in [3.05, 3.63) is 38.9 Å². The predicted octanol–water partition coefficient (Wildman–Crippen LogP) is 2.40. The topological polar surface area (TPSA) is 84.3 Å². The Hall–Kier alpha value is -1.37. The Morgan fingerprint density at radius 2 is 2.05 bits per heavy atom. The summed E-state index contributed by atoms with van der Waals surface area (Å²) in [4.78, 5) is 22.1. The van der Waals surface area contributed by atoms with Gasteiger partial charge in [-0.05, 0) is 19.0 Å². The third-order valence-corrected chi connectivity index (χ3v) is 2.74. The van der Waals surface area contributed by atoms with Crippen molar-refractivity contribution >= 4 is 35.6 Å². The first-order valence-corrected chi connectivity index (χ1v) is 6.37. The number of rotatable bonds is 7. The maximum absolute atomic E-state index is 11.9. The second kappa shape index (κ2) is 9.52. The molecule has 0 fully saturated rings. The van der Waals surface area contributed by atoms with Gasteiger partial charge in [-0.1, -0.05) is 24.6 Å². The molecule has 0 bridgehead atoms. The minimum Gasteiger partial charge on any atom is -0.350 e. The zero-order valence-electron chi connectivity index (χ0n) is 11.0. The van der Waals surface area contributed by atoms with Gasteiger partial charge in [-0.25, -0.2) is 0 Å². The lowest BCUT2D eigenvalue weighted by Gasteiger charge is -2.07. The number of hydrogen-bond donors (Lipinski definition) is 2. The van der Waals surface area contributed by atoms with Crippen LogP contribution in [0, 0.1) is 10.1 Å². The van der Waals surface area contributed by atoms with Gasteiger partial charge in [0.2, 0.25) is 0 Å². The second-order valence-electron chi connectivity index (χ2n) is 3.90. The lowest BCUT2D eigenvalue weighted by molar-refractivity contribution is -0.385. The molecule has 0 saturated carbocycles. The quantitative estimate of drug-likeness (QED) is 0.459. The van der Waals surface area contributed by atoms with Crippen LogP contribution in [0.5, 0.6) is 0 Å². The number of nitrogens with zero attached hydrogens (tertiary/aromatic N) is 1. The van der Waals surface area contributed by atoms with Crippen LogP contribution in [0.2, 0.25) is 5.02 Å². The van der Waals surface area contributed by atoms with E-state index in [0.29, 0.717) is 13.1 Å². The Balaban J connectivity index is 0.00000361. The summed E-state index contributed by atoms with van der Waals surface area (Å²) < 4.78 is 0. The number of amides is 1. The van der Waals surface area contributed by atoms with Crippen LogP contribution in [0.4, 0.5) is 5.69 Å². The van der Waals surface area contributed by atoms with E-state index in [0.717, 1.165) is 13.0 Å². The van der Waals surface area contributed by atoms with Crippen LogP contribution < -0.4 is 10.6 Å². The number of nitrogens with one attached hydrogen (secondary N) is 2. The lowest BCUT2D eigenvalue weighted by Crippen LogP contribution is -2.32. The molecule has 0 aliphatic carbocycles. The molecule has 20 heavy (non-hydrogen) atoms. The monoisotopic (exact) mass is 321 g/mol. The van der Waals surface area contributed by atoms with Gasteiger partial charge in [0.15, 0.2) is 0 Å². The van der Waals surface area contributed by atoms with Crippen LogP contribution >= 0.6 is 24.0 Å². The smallest absolute Gasteiger partial charge is 0.283 e. The molecule has 1 amide bonds. The van der Waals surface area contributed by atoms with E-state index < -0.39 is 10.8 Å². The summed E-state index contributed by atoms with van der Waals surface area (Å²) >= 11 is 5.85. The molecular weight excluding hydrogens is 305 g/mol. The molecule has 6 nitrogen and oxygen atoms in total. The highest BCUT2D eigenvalue weighted by molar-refractivity contribution is 6.34. The molecule has 0 aromatic heterocycles. The van der Waals surface area contributed by atoms with Crippen molar-refractivity contribution < 1.29 is 9.72 Å². The van der Waals surface area contributed by atoms with Crippen LogP contribution in [0.3, 0.4) is 0 Å². The zero-order valence-corrected chi connectivity index (χ0v) is 12.6. The Bertz CT molecular complexity index is 469. The van der Waals surface area contributed by atoms with E-state index in [-0.39, 0.29) is 28.7 Å². The van der Waals surface area contributed by atoms with E-state index in [9.17, 15) is 14.9 Å². The Kier molecular flexibility index (Phi) is 8.87. The maximum Gasteiger partial charge on any atom is 0.283 e. The van der Waals surface area contributed by atoms with Gasteiger partial charge >= 0.3 is 0 Å². The van der Waals surface area contributed by atoms with Gasteiger partial charge in [0, 0.05) is 19.2 Å². The number of hydrogen-bond acceptors (Lipinski definition) is 4. The number of benzene rings is 1. The summed E-state index contributed by atoms with van der Waals surface area (Å²) in [5.74, 6) is -0.532. The van der Waals surface area contributed by atoms with Gasteiger partial charge in [-0.15, -0.1) is 12.4 Å². The fourth-order valence-electron chi connectivity index (χ4n) is 1.54. The molecule has 0 spiro atoms. The molecule has 1 aromatic carbocycles. The van der Waals surface area contributed by atoms with Gasteiger partial charge in [-0.3, -0.25) is 14.9 Å². The van der Waals surface area contributed by atoms with Crippen LogP contribution in [-0.4, -0.2) is 30.5 Å². The van der Waals surface area contributed by atoms with Gasteiger partial charge in [0.1, 0.15) is 5.56 Å². The lowest BCUT2D eigenvalue weighted by atomic mass is 10.1. The Morgan fingerprint density at radius 1 is 1.35 bits per heavy atom. The number of nitro groups is 1. The summed E-state index contributed by atoms with van der Waals surface area (Å²) in [5.41, 5.74) is -0.379. The number of halogens is 2. The summed E-state index contributed by atoms with van der Waals surface area (Å²) in [6.45, 7) is 3.90. The molecule has 0 heterocycles.